The van der Waals surface area contributed by atoms with Crippen LogP contribution in [0, 0.1) is 12.8 Å². The van der Waals surface area contributed by atoms with Crippen LogP contribution in [0.5, 0.6) is 0 Å². The number of amides is 3. The first-order chi connectivity index (χ1) is 13.4. The molecule has 0 aromatic heterocycles. The van der Waals surface area contributed by atoms with Gasteiger partial charge in [-0.1, -0.05) is 31.5 Å². The molecule has 156 valence electrons. The summed E-state index contributed by atoms with van der Waals surface area (Å²) >= 11 is 0. The van der Waals surface area contributed by atoms with Crippen LogP contribution in [-0.4, -0.2) is 56.0 Å². The van der Waals surface area contributed by atoms with Crippen LogP contribution in [0.15, 0.2) is 24.3 Å². The fraction of sp³-hybridized carbons (Fsp3) is 0.571. The third-order valence-corrected chi connectivity index (χ3v) is 4.54. The third-order valence-electron chi connectivity index (χ3n) is 4.54. The molecule has 1 rings (SSSR count). The van der Waals surface area contributed by atoms with Gasteiger partial charge in [-0.05, 0) is 38.3 Å². The number of carbonyl (C=O) groups is 3. The Morgan fingerprint density at radius 1 is 1.07 bits per heavy atom. The summed E-state index contributed by atoms with van der Waals surface area (Å²) in [6, 6.07) is 7.41. The molecule has 7 heteroatoms. The normalized spacial score (nSPS) is 10.6. The van der Waals surface area contributed by atoms with E-state index in [0.29, 0.717) is 25.3 Å². The first kappa shape index (κ1) is 23.6. The average Bonchev–Trinajstić information content (AvgIpc) is 2.68. The lowest BCUT2D eigenvalue weighted by Gasteiger charge is -2.26. The summed E-state index contributed by atoms with van der Waals surface area (Å²) in [5, 5.41) is 5.32. The molecular weight excluding hydrogens is 358 g/mol. The molecule has 0 atom stereocenters. The van der Waals surface area contributed by atoms with Crippen molar-refractivity contribution in [3.8, 4) is 0 Å². The molecule has 1 aromatic carbocycles. The summed E-state index contributed by atoms with van der Waals surface area (Å²) in [5.41, 5.74) is 1.77. The van der Waals surface area contributed by atoms with E-state index in [9.17, 15) is 14.4 Å². The number of nitrogens with one attached hydrogen (secondary N) is 2. The number of carbonyl (C=O) groups excluding carboxylic acids is 3. The Morgan fingerprint density at radius 3 is 2.29 bits per heavy atom. The number of methoxy groups -OCH3 is 1. The van der Waals surface area contributed by atoms with Crippen molar-refractivity contribution in [2.75, 3.05) is 38.7 Å². The minimum Gasteiger partial charge on any atom is -0.385 e. The van der Waals surface area contributed by atoms with Crippen molar-refractivity contribution in [3.63, 3.8) is 0 Å². The lowest BCUT2D eigenvalue weighted by Crippen LogP contribution is -2.45. The predicted molar refractivity (Wildman–Crippen MR) is 110 cm³/mol. The van der Waals surface area contributed by atoms with Crippen LogP contribution in [0.3, 0.4) is 0 Å². The summed E-state index contributed by atoms with van der Waals surface area (Å²) in [5.74, 6) is -0.786. The van der Waals surface area contributed by atoms with Crippen molar-refractivity contribution < 1.29 is 19.1 Å². The monoisotopic (exact) mass is 391 g/mol. The zero-order valence-electron chi connectivity index (χ0n) is 17.4. The van der Waals surface area contributed by atoms with E-state index >= 15 is 0 Å². The number of aryl methyl sites for hydroxylation is 1. The lowest BCUT2D eigenvalue weighted by atomic mass is 10.0. The molecular formula is C21H33N3O4. The van der Waals surface area contributed by atoms with Gasteiger partial charge in [-0.2, -0.15) is 0 Å². The quantitative estimate of drug-likeness (QED) is 0.536. The Bertz CT molecular complexity index is 627. The second kappa shape index (κ2) is 12.9. The van der Waals surface area contributed by atoms with E-state index in [0.717, 1.165) is 18.4 Å². The molecule has 2 N–H and O–H groups in total. The largest absolute Gasteiger partial charge is 0.385 e. The Morgan fingerprint density at radius 2 is 1.71 bits per heavy atom. The van der Waals surface area contributed by atoms with E-state index < -0.39 is 0 Å². The molecule has 0 aliphatic rings. The highest BCUT2D eigenvalue weighted by Gasteiger charge is 2.23. The molecule has 3 amide bonds. The molecule has 7 nitrogen and oxygen atoms in total. The van der Waals surface area contributed by atoms with Gasteiger partial charge in [-0.15, -0.1) is 0 Å². The highest BCUT2D eigenvalue weighted by Crippen LogP contribution is 2.12. The van der Waals surface area contributed by atoms with Crippen molar-refractivity contribution in [1.29, 1.82) is 0 Å². The summed E-state index contributed by atoms with van der Waals surface area (Å²) < 4.78 is 5.04. The van der Waals surface area contributed by atoms with Crippen LogP contribution in [0.2, 0.25) is 0 Å². The van der Waals surface area contributed by atoms with Crippen LogP contribution in [0.1, 0.15) is 38.7 Å². The van der Waals surface area contributed by atoms with Gasteiger partial charge >= 0.3 is 0 Å². The summed E-state index contributed by atoms with van der Waals surface area (Å²) in [6.45, 7) is 6.67. The molecule has 0 saturated carbocycles. The topological polar surface area (TPSA) is 87.7 Å². The molecule has 28 heavy (non-hydrogen) atoms. The SMILES string of the molecule is CCC(CC)C(=O)N(CCCOC)CC(=O)NCC(=O)Nc1ccc(C)cc1. The maximum atomic E-state index is 12.7. The zero-order valence-corrected chi connectivity index (χ0v) is 17.4. The van der Waals surface area contributed by atoms with Gasteiger partial charge in [0.2, 0.25) is 17.7 Å². The molecule has 0 radical (unpaired) electrons. The van der Waals surface area contributed by atoms with Gasteiger partial charge in [0.25, 0.3) is 0 Å². The standard InChI is InChI=1S/C21H33N3O4/c1-5-17(6-2)21(27)24(12-7-13-28-4)15-20(26)22-14-19(25)23-18-10-8-16(3)9-11-18/h8-11,17H,5-7,12-15H2,1-4H3,(H,22,26)(H,23,25). The highest BCUT2D eigenvalue weighted by molar-refractivity contribution is 5.95. The summed E-state index contributed by atoms with van der Waals surface area (Å²) in [7, 11) is 1.60. The van der Waals surface area contributed by atoms with Crippen LogP contribution in [-0.2, 0) is 19.1 Å². The molecule has 0 saturated heterocycles. The highest BCUT2D eigenvalue weighted by atomic mass is 16.5. The minimum atomic E-state index is -0.351. The van der Waals surface area contributed by atoms with Crippen molar-refractivity contribution >= 4 is 23.4 Å². The van der Waals surface area contributed by atoms with Crippen molar-refractivity contribution in [3.05, 3.63) is 29.8 Å². The smallest absolute Gasteiger partial charge is 0.243 e. The number of anilines is 1. The maximum Gasteiger partial charge on any atom is 0.243 e. The first-order valence-electron chi connectivity index (χ1n) is 9.82. The first-order valence-corrected chi connectivity index (χ1v) is 9.82. The van der Waals surface area contributed by atoms with E-state index in [1.165, 1.54) is 0 Å². The Kier molecular flexibility index (Phi) is 10.9. The molecule has 0 unspecified atom stereocenters. The van der Waals surface area contributed by atoms with E-state index in [1.54, 1.807) is 24.1 Å². The number of benzene rings is 1. The van der Waals surface area contributed by atoms with E-state index in [4.69, 9.17) is 4.74 Å². The number of nitrogens with zero attached hydrogens (tertiary/aromatic N) is 1. The molecule has 0 fully saturated rings. The second-order valence-corrected chi connectivity index (χ2v) is 6.81. The number of ether oxygens (including phenoxy) is 1. The molecule has 0 heterocycles. The summed E-state index contributed by atoms with van der Waals surface area (Å²) in [6.07, 6.45) is 2.12. The molecule has 0 spiro atoms. The van der Waals surface area contributed by atoms with E-state index in [2.05, 4.69) is 10.6 Å². The number of hydrogen-bond donors (Lipinski definition) is 2. The zero-order chi connectivity index (χ0) is 20.9. The van der Waals surface area contributed by atoms with Crippen LogP contribution >= 0.6 is 0 Å². The fourth-order valence-corrected chi connectivity index (χ4v) is 2.81. The van der Waals surface area contributed by atoms with Crippen LogP contribution < -0.4 is 10.6 Å². The fourth-order valence-electron chi connectivity index (χ4n) is 2.81. The maximum absolute atomic E-state index is 12.7. The molecule has 0 aliphatic heterocycles. The van der Waals surface area contributed by atoms with Crippen molar-refractivity contribution in [1.82, 2.24) is 10.2 Å². The van der Waals surface area contributed by atoms with Gasteiger partial charge in [0, 0.05) is 31.9 Å². The van der Waals surface area contributed by atoms with Gasteiger partial charge in [-0.25, -0.2) is 0 Å². The van der Waals surface area contributed by atoms with Crippen molar-refractivity contribution in [2.24, 2.45) is 5.92 Å². The number of rotatable bonds is 12. The van der Waals surface area contributed by atoms with Crippen molar-refractivity contribution in [2.45, 2.75) is 40.0 Å². The predicted octanol–water partition coefficient (Wildman–Crippen LogP) is 2.35. The van der Waals surface area contributed by atoms with E-state index in [-0.39, 0.29) is 36.7 Å². The minimum absolute atomic E-state index is 0.0274. The number of hydrogen-bond acceptors (Lipinski definition) is 4. The van der Waals surface area contributed by atoms with Crippen LogP contribution in [0.25, 0.3) is 0 Å². The van der Waals surface area contributed by atoms with Gasteiger partial charge < -0.3 is 20.3 Å². The summed E-state index contributed by atoms with van der Waals surface area (Å²) in [4.78, 5) is 38.5. The Labute approximate surface area is 167 Å². The molecule has 1 aromatic rings. The third kappa shape index (κ3) is 8.52. The average molecular weight is 392 g/mol. The lowest BCUT2D eigenvalue weighted by molar-refractivity contribution is -0.140. The van der Waals surface area contributed by atoms with Crippen LogP contribution in [0.4, 0.5) is 5.69 Å². The molecule has 0 aliphatic carbocycles. The molecule has 0 bridgehead atoms. The van der Waals surface area contributed by atoms with Gasteiger partial charge in [0.05, 0.1) is 13.1 Å². The van der Waals surface area contributed by atoms with E-state index in [1.807, 2.05) is 32.9 Å². The van der Waals surface area contributed by atoms with Gasteiger partial charge in [0.15, 0.2) is 0 Å². The van der Waals surface area contributed by atoms with Gasteiger partial charge in [-0.3, -0.25) is 14.4 Å². The Hall–Kier alpha value is -2.41. The second-order valence-electron chi connectivity index (χ2n) is 6.81. The Balaban J connectivity index is 2.54. The van der Waals surface area contributed by atoms with Gasteiger partial charge in [0.1, 0.15) is 0 Å².